The number of morpholine rings is 1. The summed E-state index contributed by atoms with van der Waals surface area (Å²) in [6.45, 7) is 6.67. The SMILES string of the molecule is CC(NCc1ccccc1CO)C1CN(Cc2ccccc2)CCO1. The Morgan fingerprint density at radius 1 is 1.12 bits per heavy atom. The molecule has 0 saturated carbocycles. The van der Waals surface area contributed by atoms with Crippen LogP contribution in [-0.2, 0) is 24.4 Å². The van der Waals surface area contributed by atoms with Crippen LogP contribution in [0.4, 0.5) is 0 Å². The molecule has 1 saturated heterocycles. The fourth-order valence-corrected chi connectivity index (χ4v) is 3.31. The molecular formula is C21H28N2O2. The van der Waals surface area contributed by atoms with Gasteiger partial charge in [0.1, 0.15) is 0 Å². The Bertz CT molecular complexity index is 647. The van der Waals surface area contributed by atoms with Crippen LogP contribution in [0.25, 0.3) is 0 Å². The number of nitrogens with zero attached hydrogens (tertiary/aromatic N) is 1. The zero-order valence-electron chi connectivity index (χ0n) is 14.9. The average molecular weight is 340 g/mol. The van der Waals surface area contributed by atoms with Gasteiger partial charge in [-0.05, 0) is 23.6 Å². The van der Waals surface area contributed by atoms with Crippen molar-refractivity contribution < 1.29 is 9.84 Å². The molecule has 134 valence electrons. The number of hydrogen-bond donors (Lipinski definition) is 2. The summed E-state index contributed by atoms with van der Waals surface area (Å²) < 4.78 is 6.00. The van der Waals surface area contributed by atoms with E-state index in [2.05, 4.69) is 53.5 Å². The summed E-state index contributed by atoms with van der Waals surface area (Å²) >= 11 is 0. The molecule has 25 heavy (non-hydrogen) atoms. The monoisotopic (exact) mass is 340 g/mol. The van der Waals surface area contributed by atoms with E-state index >= 15 is 0 Å². The normalized spacial score (nSPS) is 19.7. The molecule has 2 N–H and O–H groups in total. The molecule has 0 aromatic heterocycles. The third kappa shape index (κ3) is 5.13. The summed E-state index contributed by atoms with van der Waals surface area (Å²) in [7, 11) is 0. The van der Waals surface area contributed by atoms with Crippen LogP contribution in [0.3, 0.4) is 0 Å². The molecule has 1 heterocycles. The van der Waals surface area contributed by atoms with Crippen LogP contribution in [0, 0.1) is 0 Å². The minimum Gasteiger partial charge on any atom is -0.392 e. The van der Waals surface area contributed by atoms with Crippen molar-refractivity contribution in [2.75, 3.05) is 19.7 Å². The van der Waals surface area contributed by atoms with E-state index in [9.17, 15) is 5.11 Å². The van der Waals surface area contributed by atoms with Gasteiger partial charge in [0.25, 0.3) is 0 Å². The van der Waals surface area contributed by atoms with E-state index in [0.717, 1.165) is 43.9 Å². The Morgan fingerprint density at radius 3 is 2.60 bits per heavy atom. The quantitative estimate of drug-likeness (QED) is 0.813. The largest absolute Gasteiger partial charge is 0.392 e. The van der Waals surface area contributed by atoms with Crippen LogP contribution in [-0.4, -0.2) is 41.8 Å². The maximum atomic E-state index is 9.45. The topological polar surface area (TPSA) is 44.7 Å². The smallest absolute Gasteiger partial charge is 0.0852 e. The lowest BCUT2D eigenvalue weighted by Gasteiger charge is -2.36. The fourth-order valence-electron chi connectivity index (χ4n) is 3.31. The van der Waals surface area contributed by atoms with Crippen LogP contribution in [0.2, 0.25) is 0 Å². The van der Waals surface area contributed by atoms with Crippen molar-refractivity contribution in [3.63, 3.8) is 0 Å². The van der Waals surface area contributed by atoms with Gasteiger partial charge in [0.15, 0.2) is 0 Å². The lowest BCUT2D eigenvalue weighted by Crippen LogP contribution is -2.50. The number of aliphatic hydroxyl groups excluding tert-OH is 1. The molecule has 2 unspecified atom stereocenters. The van der Waals surface area contributed by atoms with Gasteiger partial charge in [0.2, 0.25) is 0 Å². The van der Waals surface area contributed by atoms with Crippen LogP contribution >= 0.6 is 0 Å². The Labute approximate surface area is 150 Å². The number of ether oxygens (including phenoxy) is 1. The fraction of sp³-hybridized carbons (Fsp3) is 0.429. The number of rotatable bonds is 7. The summed E-state index contributed by atoms with van der Waals surface area (Å²) in [4.78, 5) is 2.46. The third-order valence-electron chi connectivity index (χ3n) is 4.89. The highest BCUT2D eigenvalue weighted by molar-refractivity contribution is 5.26. The lowest BCUT2D eigenvalue weighted by molar-refractivity contribution is -0.0463. The number of aliphatic hydroxyl groups is 1. The molecule has 2 aromatic rings. The Morgan fingerprint density at radius 2 is 1.84 bits per heavy atom. The zero-order chi connectivity index (χ0) is 17.5. The van der Waals surface area contributed by atoms with Crippen molar-refractivity contribution in [1.82, 2.24) is 10.2 Å². The highest BCUT2D eigenvalue weighted by Gasteiger charge is 2.25. The van der Waals surface area contributed by atoms with Gasteiger partial charge < -0.3 is 15.2 Å². The predicted octanol–water partition coefficient (Wildman–Crippen LogP) is 2.56. The van der Waals surface area contributed by atoms with Crippen LogP contribution < -0.4 is 5.32 Å². The summed E-state index contributed by atoms with van der Waals surface area (Å²) in [6.07, 6.45) is 0.179. The third-order valence-corrected chi connectivity index (χ3v) is 4.89. The standard InChI is InChI=1S/C21H28N2O2/c1-17(22-13-19-9-5-6-10-20(19)16-24)21-15-23(11-12-25-21)14-18-7-3-2-4-8-18/h2-10,17,21-22,24H,11-16H2,1H3. The summed E-state index contributed by atoms with van der Waals surface area (Å²) in [5.74, 6) is 0. The van der Waals surface area contributed by atoms with Crippen molar-refractivity contribution in [1.29, 1.82) is 0 Å². The summed E-state index contributed by atoms with van der Waals surface area (Å²) in [5, 5.41) is 13.0. The second-order valence-electron chi connectivity index (χ2n) is 6.73. The van der Waals surface area contributed by atoms with E-state index in [4.69, 9.17) is 4.74 Å². The Balaban J connectivity index is 1.52. The van der Waals surface area contributed by atoms with Crippen molar-refractivity contribution in [2.24, 2.45) is 0 Å². The molecule has 4 heteroatoms. The first kappa shape index (κ1) is 18.1. The first-order valence-corrected chi connectivity index (χ1v) is 9.05. The second-order valence-corrected chi connectivity index (χ2v) is 6.73. The summed E-state index contributed by atoms with van der Waals surface area (Å²) in [6, 6.07) is 18.9. The van der Waals surface area contributed by atoms with E-state index in [0.29, 0.717) is 0 Å². The van der Waals surface area contributed by atoms with E-state index < -0.39 is 0 Å². The molecule has 0 amide bonds. The van der Waals surface area contributed by atoms with Crippen LogP contribution in [0.5, 0.6) is 0 Å². The van der Waals surface area contributed by atoms with Gasteiger partial charge in [0, 0.05) is 32.2 Å². The maximum Gasteiger partial charge on any atom is 0.0852 e. The average Bonchev–Trinajstić information content (AvgIpc) is 2.67. The van der Waals surface area contributed by atoms with Gasteiger partial charge in [-0.1, -0.05) is 54.6 Å². The molecule has 1 fully saturated rings. The summed E-state index contributed by atoms with van der Waals surface area (Å²) in [5.41, 5.74) is 3.48. The van der Waals surface area contributed by atoms with Gasteiger partial charge >= 0.3 is 0 Å². The van der Waals surface area contributed by atoms with Crippen LogP contribution in [0.1, 0.15) is 23.6 Å². The molecule has 0 spiro atoms. The van der Waals surface area contributed by atoms with Crippen molar-refractivity contribution in [2.45, 2.75) is 38.8 Å². The molecule has 3 rings (SSSR count). The molecule has 0 aliphatic carbocycles. The lowest BCUT2D eigenvalue weighted by atomic mass is 10.1. The van der Waals surface area contributed by atoms with E-state index in [-0.39, 0.29) is 18.8 Å². The molecule has 0 bridgehead atoms. The minimum atomic E-state index is 0.0804. The van der Waals surface area contributed by atoms with Gasteiger partial charge in [-0.3, -0.25) is 4.90 Å². The van der Waals surface area contributed by atoms with Gasteiger partial charge in [-0.15, -0.1) is 0 Å². The molecule has 2 atom stereocenters. The van der Waals surface area contributed by atoms with Crippen LogP contribution in [0.15, 0.2) is 54.6 Å². The number of benzene rings is 2. The molecule has 1 aliphatic heterocycles. The molecule has 4 nitrogen and oxygen atoms in total. The molecule has 0 radical (unpaired) electrons. The predicted molar refractivity (Wildman–Crippen MR) is 100 cm³/mol. The Hall–Kier alpha value is -1.72. The zero-order valence-corrected chi connectivity index (χ0v) is 14.9. The second kappa shape index (κ2) is 9.11. The highest BCUT2D eigenvalue weighted by atomic mass is 16.5. The highest BCUT2D eigenvalue weighted by Crippen LogP contribution is 2.14. The number of nitrogens with one attached hydrogen (secondary N) is 1. The first-order valence-electron chi connectivity index (χ1n) is 9.05. The van der Waals surface area contributed by atoms with Gasteiger partial charge in [0.05, 0.1) is 19.3 Å². The van der Waals surface area contributed by atoms with Crippen molar-refractivity contribution in [3.05, 3.63) is 71.3 Å². The van der Waals surface area contributed by atoms with Gasteiger partial charge in [-0.2, -0.15) is 0 Å². The van der Waals surface area contributed by atoms with Crippen molar-refractivity contribution >= 4 is 0 Å². The van der Waals surface area contributed by atoms with Gasteiger partial charge in [-0.25, -0.2) is 0 Å². The molecule has 1 aliphatic rings. The number of hydrogen-bond acceptors (Lipinski definition) is 4. The Kier molecular flexibility index (Phi) is 6.59. The van der Waals surface area contributed by atoms with E-state index in [1.165, 1.54) is 5.56 Å². The maximum absolute atomic E-state index is 9.45. The first-order chi connectivity index (χ1) is 12.3. The van der Waals surface area contributed by atoms with E-state index in [1.807, 2.05) is 18.2 Å². The van der Waals surface area contributed by atoms with Crippen molar-refractivity contribution in [3.8, 4) is 0 Å². The molecular weight excluding hydrogens is 312 g/mol. The molecule has 2 aromatic carbocycles. The van der Waals surface area contributed by atoms with E-state index in [1.54, 1.807) is 0 Å². The minimum absolute atomic E-state index is 0.0804.